The van der Waals surface area contributed by atoms with Crippen LogP contribution in [0.1, 0.15) is 17.0 Å². The number of hydrogen-bond donors (Lipinski definition) is 1. The molecule has 4 rings (SSSR count). The lowest BCUT2D eigenvalue weighted by molar-refractivity contribution is 0.355. The molecule has 0 bridgehead atoms. The minimum atomic E-state index is 0. The predicted molar refractivity (Wildman–Crippen MR) is 101 cm³/mol. The topological polar surface area (TPSA) is 31.9 Å². The number of aromatic nitrogens is 2. The molecular weight excluding hydrogens is 341 g/mol. The molecule has 0 fully saturated rings. The molecule has 0 radical (unpaired) electrons. The van der Waals surface area contributed by atoms with E-state index in [0.717, 1.165) is 40.9 Å². The predicted octanol–water partition coefficient (Wildman–Crippen LogP) is 5.14. The molecule has 1 N–H and O–H groups in total. The SMILES string of the molecule is Cl.Clc1ccc(CN2C=Cc3nc(-c4ccccc4)[nH]c3C2)cc1. The van der Waals surface area contributed by atoms with Crippen molar-refractivity contribution in [2.45, 2.75) is 13.1 Å². The maximum atomic E-state index is 5.94. The van der Waals surface area contributed by atoms with Crippen LogP contribution in [-0.2, 0) is 13.1 Å². The molecule has 1 aliphatic rings. The molecule has 3 aromatic rings. The van der Waals surface area contributed by atoms with Crippen molar-refractivity contribution in [2.24, 2.45) is 0 Å². The van der Waals surface area contributed by atoms with E-state index in [1.807, 2.05) is 30.3 Å². The number of nitrogens with zero attached hydrogens (tertiary/aromatic N) is 2. The summed E-state index contributed by atoms with van der Waals surface area (Å²) in [6.45, 7) is 1.68. The van der Waals surface area contributed by atoms with E-state index in [9.17, 15) is 0 Å². The Morgan fingerprint density at radius 3 is 2.54 bits per heavy atom. The number of nitrogens with one attached hydrogen (secondary N) is 1. The van der Waals surface area contributed by atoms with Crippen LogP contribution in [0.4, 0.5) is 0 Å². The second kappa shape index (κ2) is 7.12. The number of imidazole rings is 1. The van der Waals surface area contributed by atoms with E-state index >= 15 is 0 Å². The Morgan fingerprint density at radius 1 is 1.04 bits per heavy atom. The van der Waals surface area contributed by atoms with E-state index in [0.29, 0.717) is 0 Å². The van der Waals surface area contributed by atoms with Crippen LogP contribution < -0.4 is 0 Å². The van der Waals surface area contributed by atoms with Crippen molar-refractivity contribution in [3.8, 4) is 11.4 Å². The third kappa shape index (κ3) is 3.48. The number of H-pyrrole nitrogens is 1. The first-order chi connectivity index (χ1) is 11.3. The van der Waals surface area contributed by atoms with Crippen LogP contribution in [0.25, 0.3) is 17.5 Å². The average Bonchev–Trinajstić information content (AvgIpc) is 3.01. The number of halogens is 2. The molecule has 0 saturated heterocycles. The molecule has 1 aliphatic heterocycles. The second-order valence-electron chi connectivity index (χ2n) is 5.66. The highest BCUT2D eigenvalue weighted by atomic mass is 35.5. The summed E-state index contributed by atoms with van der Waals surface area (Å²) in [6.07, 6.45) is 4.17. The van der Waals surface area contributed by atoms with Crippen molar-refractivity contribution in [3.05, 3.63) is 82.8 Å². The largest absolute Gasteiger partial charge is 0.367 e. The Balaban J connectivity index is 0.00000169. The molecule has 5 heteroatoms. The fraction of sp³-hybridized carbons (Fsp3) is 0.105. The monoisotopic (exact) mass is 357 g/mol. The van der Waals surface area contributed by atoms with E-state index in [1.54, 1.807) is 0 Å². The summed E-state index contributed by atoms with van der Waals surface area (Å²) in [5.74, 6) is 0.925. The summed E-state index contributed by atoms with van der Waals surface area (Å²) in [5.41, 5.74) is 4.53. The van der Waals surface area contributed by atoms with Gasteiger partial charge in [-0.3, -0.25) is 0 Å². The molecule has 0 atom stereocenters. The molecule has 1 aromatic heterocycles. The van der Waals surface area contributed by atoms with Gasteiger partial charge in [0.1, 0.15) is 5.82 Å². The van der Waals surface area contributed by atoms with Crippen molar-refractivity contribution < 1.29 is 0 Å². The quantitative estimate of drug-likeness (QED) is 0.703. The lowest BCUT2D eigenvalue weighted by Crippen LogP contribution is -2.19. The molecule has 24 heavy (non-hydrogen) atoms. The van der Waals surface area contributed by atoms with Crippen molar-refractivity contribution in [2.75, 3.05) is 0 Å². The zero-order valence-electron chi connectivity index (χ0n) is 12.9. The highest BCUT2D eigenvalue weighted by Gasteiger charge is 2.16. The van der Waals surface area contributed by atoms with Crippen molar-refractivity contribution in [1.82, 2.24) is 14.9 Å². The minimum absolute atomic E-state index is 0. The molecule has 0 aliphatic carbocycles. The van der Waals surface area contributed by atoms with Crippen LogP contribution in [-0.4, -0.2) is 14.9 Å². The number of benzene rings is 2. The van der Waals surface area contributed by atoms with Crippen LogP contribution in [0.3, 0.4) is 0 Å². The first kappa shape index (κ1) is 16.6. The summed E-state index contributed by atoms with van der Waals surface area (Å²) in [6, 6.07) is 18.2. The summed E-state index contributed by atoms with van der Waals surface area (Å²) in [7, 11) is 0. The Bertz CT molecular complexity index is 839. The Kier molecular flexibility index (Phi) is 4.93. The Labute approximate surface area is 152 Å². The zero-order chi connectivity index (χ0) is 15.6. The van der Waals surface area contributed by atoms with Crippen LogP contribution in [0.2, 0.25) is 5.02 Å². The minimum Gasteiger partial charge on any atom is -0.367 e. The standard InChI is InChI=1S/C19H16ClN3.ClH/c20-16-8-6-14(7-9-16)12-23-11-10-17-18(13-23)22-19(21-17)15-4-2-1-3-5-15;/h1-11H,12-13H2,(H,21,22);1H. The number of hydrogen-bond acceptors (Lipinski definition) is 2. The van der Waals surface area contributed by atoms with Crippen LogP contribution in [0.5, 0.6) is 0 Å². The average molecular weight is 358 g/mol. The fourth-order valence-electron chi connectivity index (χ4n) is 2.78. The second-order valence-corrected chi connectivity index (χ2v) is 6.10. The molecule has 0 saturated carbocycles. The van der Waals surface area contributed by atoms with Crippen LogP contribution in [0.15, 0.2) is 60.8 Å². The highest BCUT2D eigenvalue weighted by Crippen LogP contribution is 2.24. The summed E-state index contributed by atoms with van der Waals surface area (Å²) >= 11 is 5.94. The molecule has 2 aromatic carbocycles. The molecule has 0 spiro atoms. The molecule has 3 nitrogen and oxygen atoms in total. The lowest BCUT2D eigenvalue weighted by Gasteiger charge is -2.23. The van der Waals surface area contributed by atoms with E-state index in [-0.39, 0.29) is 12.4 Å². The van der Waals surface area contributed by atoms with Gasteiger partial charge >= 0.3 is 0 Å². The van der Waals surface area contributed by atoms with Gasteiger partial charge in [-0.25, -0.2) is 4.98 Å². The van der Waals surface area contributed by atoms with Crippen molar-refractivity contribution >= 4 is 30.1 Å². The maximum Gasteiger partial charge on any atom is 0.138 e. The number of rotatable bonds is 3. The normalized spacial score (nSPS) is 12.6. The maximum absolute atomic E-state index is 5.94. The van der Waals surface area contributed by atoms with Gasteiger partial charge in [-0.2, -0.15) is 0 Å². The molecular formula is C19H17Cl2N3. The number of aromatic amines is 1. The molecule has 2 heterocycles. The van der Waals surface area contributed by atoms with Gasteiger partial charge in [0, 0.05) is 23.3 Å². The third-order valence-corrected chi connectivity index (χ3v) is 4.21. The highest BCUT2D eigenvalue weighted by molar-refractivity contribution is 6.30. The van der Waals surface area contributed by atoms with Gasteiger partial charge in [-0.05, 0) is 23.8 Å². The van der Waals surface area contributed by atoms with E-state index in [4.69, 9.17) is 11.6 Å². The molecule has 0 unspecified atom stereocenters. The smallest absolute Gasteiger partial charge is 0.138 e. The Hall–Kier alpha value is -2.23. The van der Waals surface area contributed by atoms with Gasteiger partial charge < -0.3 is 9.88 Å². The van der Waals surface area contributed by atoms with Crippen LogP contribution in [0, 0.1) is 0 Å². The van der Waals surface area contributed by atoms with Gasteiger partial charge in [0.2, 0.25) is 0 Å². The van der Waals surface area contributed by atoms with E-state index in [1.165, 1.54) is 5.56 Å². The molecule has 122 valence electrons. The van der Waals surface area contributed by atoms with Crippen molar-refractivity contribution in [3.63, 3.8) is 0 Å². The summed E-state index contributed by atoms with van der Waals surface area (Å²) < 4.78 is 0. The lowest BCUT2D eigenvalue weighted by atomic mass is 10.2. The summed E-state index contributed by atoms with van der Waals surface area (Å²) in [4.78, 5) is 10.4. The van der Waals surface area contributed by atoms with Crippen LogP contribution >= 0.6 is 24.0 Å². The van der Waals surface area contributed by atoms with Gasteiger partial charge in [-0.1, -0.05) is 54.1 Å². The first-order valence-electron chi connectivity index (χ1n) is 7.59. The fourth-order valence-corrected chi connectivity index (χ4v) is 2.90. The van der Waals surface area contributed by atoms with Crippen molar-refractivity contribution in [1.29, 1.82) is 0 Å². The number of fused-ring (bicyclic) bond motifs is 1. The zero-order valence-corrected chi connectivity index (χ0v) is 14.5. The molecule has 0 amide bonds. The summed E-state index contributed by atoms with van der Waals surface area (Å²) in [5, 5.41) is 0.770. The van der Waals surface area contributed by atoms with Gasteiger partial charge in [0.05, 0.1) is 17.9 Å². The third-order valence-electron chi connectivity index (χ3n) is 3.96. The Morgan fingerprint density at radius 2 is 1.79 bits per heavy atom. The van der Waals surface area contributed by atoms with Gasteiger partial charge in [0.15, 0.2) is 0 Å². The van der Waals surface area contributed by atoms with E-state index < -0.39 is 0 Å². The van der Waals surface area contributed by atoms with Gasteiger partial charge in [0.25, 0.3) is 0 Å². The first-order valence-corrected chi connectivity index (χ1v) is 7.97. The van der Waals surface area contributed by atoms with E-state index in [2.05, 4.69) is 51.4 Å². The van der Waals surface area contributed by atoms with Gasteiger partial charge in [-0.15, -0.1) is 12.4 Å².